The minimum atomic E-state index is -4.63. The summed E-state index contributed by atoms with van der Waals surface area (Å²) in [5.74, 6) is -0.897. The van der Waals surface area contributed by atoms with Gasteiger partial charge in [0.05, 0.1) is 12.8 Å². The van der Waals surface area contributed by atoms with Crippen LogP contribution in [0.25, 0.3) is 5.65 Å². The number of esters is 1. The number of aromatic nitrogens is 3. The molecule has 0 spiro atoms. The highest BCUT2D eigenvalue weighted by Gasteiger charge is 2.35. The lowest BCUT2D eigenvalue weighted by molar-refractivity contribution is -0.142. The van der Waals surface area contributed by atoms with Gasteiger partial charge in [0.25, 0.3) is 0 Å². The summed E-state index contributed by atoms with van der Waals surface area (Å²) >= 11 is 0. The molecule has 0 N–H and O–H groups in total. The van der Waals surface area contributed by atoms with Crippen molar-refractivity contribution in [2.24, 2.45) is 0 Å². The van der Waals surface area contributed by atoms with Gasteiger partial charge in [0.15, 0.2) is 17.0 Å². The van der Waals surface area contributed by atoms with Crippen LogP contribution < -0.4 is 0 Å². The fraction of sp³-hybridized carbons (Fsp3) is 0.300. The maximum Gasteiger partial charge on any atom is 0.433 e. The fourth-order valence-electron chi connectivity index (χ4n) is 1.42. The highest BCUT2D eigenvalue weighted by molar-refractivity contribution is 5.88. The summed E-state index contributed by atoms with van der Waals surface area (Å²) in [4.78, 5) is 15.2. The molecular weight excluding hydrogens is 251 g/mol. The smallest absolute Gasteiger partial charge is 0.433 e. The van der Waals surface area contributed by atoms with Crippen LogP contribution >= 0.6 is 0 Å². The van der Waals surface area contributed by atoms with Gasteiger partial charge in [0.2, 0.25) is 0 Å². The predicted octanol–water partition coefficient (Wildman–Crippen LogP) is 1.92. The van der Waals surface area contributed by atoms with Gasteiger partial charge in [-0.1, -0.05) is 0 Å². The summed E-state index contributed by atoms with van der Waals surface area (Å²) in [5, 5.41) is 3.51. The first kappa shape index (κ1) is 12.3. The van der Waals surface area contributed by atoms with Crippen molar-refractivity contribution in [1.82, 2.24) is 14.6 Å². The Labute approximate surface area is 99.2 Å². The van der Waals surface area contributed by atoms with Gasteiger partial charge in [-0.05, 0) is 6.92 Å². The van der Waals surface area contributed by atoms with Crippen molar-refractivity contribution < 1.29 is 22.7 Å². The summed E-state index contributed by atoms with van der Waals surface area (Å²) in [6.45, 7) is 1.62. The molecule has 0 saturated heterocycles. The number of hydrogen-bond donors (Lipinski definition) is 0. The Morgan fingerprint density at radius 1 is 1.50 bits per heavy atom. The van der Waals surface area contributed by atoms with Crippen molar-refractivity contribution in [3.05, 3.63) is 29.7 Å². The molecule has 0 atom stereocenters. The average Bonchev–Trinajstić information content (AvgIpc) is 2.74. The van der Waals surface area contributed by atoms with E-state index in [1.54, 1.807) is 6.92 Å². The molecule has 2 aromatic rings. The first-order valence-electron chi connectivity index (χ1n) is 5.02. The molecule has 0 aliphatic rings. The van der Waals surface area contributed by atoms with E-state index in [-0.39, 0.29) is 12.3 Å². The lowest BCUT2D eigenvalue weighted by Gasteiger charge is -2.10. The molecule has 0 unspecified atom stereocenters. The SMILES string of the molecule is CCOC(=O)c1cc(C(F)(F)F)n2nccc2n1. The Hall–Kier alpha value is -2.12. The van der Waals surface area contributed by atoms with Crippen molar-refractivity contribution in [1.29, 1.82) is 0 Å². The van der Waals surface area contributed by atoms with E-state index in [1.807, 2.05) is 0 Å². The zero-order chi connectivity index (χ0) is 13.3. The standard InChI is InChI=1S/C10H8F3N3O2/c1-2-18-9(17)6-5-7(10(11,12)13)16-8(15-6)3-4-14-16/h3-5H,2H2,1H3. The van der Waals surface area contributed by atoms with E-state index < -0.39 is 23.5 Å². The number of nitrogens with zero attached hydrogens (tertiary/aromatic N) is 3. The van der Waals surface area contributed by atoms with Crippen LogP contribution in [0.1, 0.15) is 23.1 Å². The molecule has 0 amide bonds. The minimum absolute atomic E-state index is 0.0618. The number of hydrogen-bond acceptors (Lipinski definition) is 4. The summed E-state index contributed by atoms with van der Waals surface area (Å²) in [6, 6.07) is 1.90. The summed E-state index contributed by atoms with van der Waals surface area (Å²) < 4.78 is 43.6. The molecule has 0 radical (unpaired) electrons. The maximum absolute atomic E-state index is 12.8. The number of carbonyl (C=O) groups excluding carboxylic acids is 1. The molecule has 0 aromatic carbocycles. The van der Waals surface area contributed by atoms with Gasteiger partial charge in [-0.2, -0.15) is 18.3 Å². The van der Waals surface area contributed by atoms with Gasteiger partial charge >= 0.3 is 12.1 Å². The number of fused-ring (bicyclic) bond motifs is 1. The first-order valence-corrected chi connectivity index (χ1v) is 5.02. The van der Waals surface area contributed by atoms with Crippen LogP contribution in [0.5, 0.6) is 0 Å². The van der Waals surface area contributed by atoms with Crippen molar-refractivity contribution in [3.8, 4) is 0 Å². The topological polar surface area (TPSA) is 56.5 Å². The number of alkyl halides is 3. The number of halogens is 3. The zero-order valence-electron chi connectivity index (χ0n) is 9.23. The largest absolute Gasteiger partial charge is 0.461 e. The normalized spacial score (nSPS) is 11.8. The molecule has 0 aliphatic carbocycles. The van der Waals surface area contributed by atoms with E-state index in [4.69, 9.17) is 0 Å². The van der Waals surface area contributed by atoms with Crippen LogP contribution in [-0.2, 0) is 10.9 Å². The van der Waals surface area contributed by atoms with Gasteiger partial charge in [-0.15, -0.1) is 0 Å². The lowest BCUT2D eigenvalue weighted by Crippen LogP contribution is -2.17. The van der Waals surface area contributed by atoms with Crippen molar-refractivity contribution in [3.63, 3.8) is 0 Å². The van der Waals surface area contributed by atoms with Crippen molar-refractivity contribution in [2.45, 2.75) is 13.1 Å². The first-order chi connectivity index (χ1) is 8.43. The van der Waals surface area contributed by atoms with E-state index in [1.165, 1.54) is 12.3 Å². The monoisotopic (exact) mass is 259 g/mol. The van der Waals surface area contributed by atoms with Gasteiger partial charge in [-0.25, -0.2) is 14.3 Å². The van der Waals surface area contributed by atoms with E-state index in [9.17, 15) is 18.0 Å². The predicted molar refractivity (Wildman–Crippen MR) is 53.9 cm³/mol. The summed E-state index contributed by atoms with van der Waals surface area (Å²) in [7, 11) is 0. The number of carbonyl (C=O) groups is 1. The molecule has 0 saturated carbocycles. The Kier molecular flexibility index (Phi) is 2.93. The summed E-state index contributed by atoms with van der Waals surface area (Å²) in [5.41, 5.74) is -1.52. The number of ether oxygens (including phenoxy) is 1. The second-order valence-electron chi connectivity index (χ2n) is 3.35. The van der Waals surface area contributed by atoms with Gasteiger partial charge in [-0.3, -0.25) is 0 Å². The number of rotatable bonds is 2. The molecule has 0 bridgehead atoms. The van der Waals surface area contributed by atoms with Crippen LogP contribution in [0, 0.1) is 0 Å². The van der Waals surface area contributed by atoms with Crippen LogP contribution in [-0.4, -0.2) is 27.2 Å². The molecule has 8 heteroatoms. The molecule has 0 aliphatic heterocycles. The fourth-order valence-corrected chi connectivity index (χ4v) is 1.42. The van der Waals surface area contributed by atoms with Crippen LogP contribution in [0.3, 0.4) is 0 Å². The average molecular weight is 259 g/mol. The third-order valence-electron chi connectivity index (χ3n) is 2.13. The highest BCUT2D eigenvalue weighted by atomic mass is 19.4. The highest BCUT2D eigenvalue weighted by Crippen LogP contribution is 2.29. The Morgan fingerprint density at radius 2 is 2.22 bits per heavy atom. The van der Waals surface area contributed by atoms with E-state index >= 15 is 0 Å². The second kappa shape index (κ2) is 4.28. The van der Waals surface area contributed by atoms with Gasteiger partial charge < -0.3 is 4.74 Å². The minimum Gasteiger partial charge on any atom is -0.461 e. The Morgan fingerprint density at radius 3 is 2.83 bits per heavy atom. The molecule has 2 aromatic heterocycles. The van der Waals surface area contributed by atoms with E-state index in [2.05, 4.69) is 14.8 Å². The Bertz CT molecular complexity index is 592. The summed E-state index contributed by atoms with van der Waals surface area (Å²) in [6.07, 6.45) is -3.46. The molecule has 18 heavy (non-hydrogen) atoms. The molecule has 0 fully saturated rings. The Balaban J connectivity index is 2.61. The third kappa shape index (κ3) is 2.13. The van der Waals surface area contributed by atoms with Crippen LogP contribution in [0.4, 0.5) is 13.2 Å². The van der Waals surface area contributed by atoms with Gasteiger partial charge in [0.1, 0.15) is 0 Å². The zero-order valence-corrected chi connectivity index (χ0v) is 9.23. The van der Waals surface area contributed by atoms with Gasteiger partial charge in [0, 0.05) is 12.1 Å². The molecule has 5 nitrogen and oxygen atoms in total. The molecule has 96 valence electrons. The van der Waals surface area contributed by atoms with E-state index in [0.717, 1.165) is 0 Å². The van der Waals surface area contributed by atoms with Crippen molar-refractivity contribution >= 4 is 11.6 Å². The van der Waals surface area contributed by atoms with E-state index in [0.29, 0.717) is 10.6 Å². The third-order valence-corrected chi connectivity index (χ3v) is 2.13. The quantitative estimate of drug-likeness (QED) is 0.773. The van der Waals surface area contributed by atoms with Crippen molar-refractivity contribution in [2.75, 3.05) is 6.61 Å². The van der Waals surface area contributed by atoms with Crippen LogP contribution in [0.2, 0.25) is 0 Å². The molecular formula is C10H8F3N3O2. The second-order valence-corrected chi connectivity index (χ2v) is 3.35. The molecule has 2 heterocycles. The lowest BCUT2D eigenvalue weighted by atomic mass is 10.3. The maximum atomic E-state index is 12.8. The molecule has 2 rings (SSSR count). The van der Waals surface area contributed by atoms with Crippen LogP contribution in [0.15, 0.2) is 18.3 Å².